The lowest BCUT2D eigenvalue weighted by atomic mass is 10.1. The summed E-state index contributed by atoms with van der Waals surface area (Å²) >= 11 is 0. The third-order valence-electron chi connectivity index (χ3n) is 4.98. The highest BCUT2D eigenvalue weighted by atomic mass is 127. The lowest BCUT2D eigenvalue weighted by molar-refractivity contribution is -0.153. The number of guanidine groups is 1. The van der Waals surface area contributed by atoms with Crippen molar-refractivity contribution < 1.29 is 17.9 Å². The first-order valence-electron chi connectivity index (χ1n) is 10.3. The average Bonchev–Trinajstić information content (AvgIpc) is 3.28. The zero-order valence-corrected chi connectivity index (χ0v) is 20.5. The Hall–Kier alpha value is -2.24. The number of nitrogens with zero attached hydrogens (tertiary/aromatic N) is 3. The summed E-state index contributed by atoms with van der Waals surface area (Å²) in [7, 11) is 1.64. The first-order valence-corrected chi connectivity index (χ1v) is 10.3. The van der Waals surface area contributed by atoms with Gasteiger partial charge in [-0.05, 0) is 43.0 Å². The molecule has 1 aliphatic rings. The summed E-state index contributed by atoms with van der Waals surface area (Å²) in [5.74, 6) is 1.74. The summed E-state index contributed by atoms with van der Waals surface area (Å²) in [6.45, 7) is 3.39. The second-order valence-corrected chi connectivity index (χ2v) is 7.51. The number of pyridine rings is 1. The van der Waals surface area contributed by atoms with Crippen molar-refractivity contribution >= 4 is 35.8 Å². The van der Waals surface area contributed by atoms with E-state index in [1.807, 2.05) is 24.4 Å². The first-order chi connectivity index (χ1) is 14.8. The number of aryl methyl sites for hydroxylation is 1. The number of aromatic nitrogens is 1. The molecule has 0 unspecified atom stereocenters. The van der Waals surface area contributed by atoms with E-state index in [1.54, 1.807) is 26.1 Å². The minimum atomic E-state index is -4.38. The van der Waals surface area contributed by atoms with Gasteiger partial charge >= 0.3 is 6.18 Å². The van der Waals surface area contributed by atoms with Gasteiger partial charge in [0.15, 0.2) is 12.6 Å². The van der Waals surface area contributed by atoms with Crippen molar-refractivity contribution in [1.29, 1.82) is 0 Å². The van der Waals surface area contributed by atoms with Gasteiger partial charge in [0.2, 0.25) is 0 Å². The van der Waals surface area contributed by atoms with Crippen LogP contribution in [0, 0.1) is 6.92 Å². The van der Waals surface area contributed by atoms with Crippen molar-refractivity contribution in [3.63, 3.8) is 0 Å². The molecule has 0 spiro atoms. The van der Waals surface area contributed by atoms with Gasteiger partial charge in [-0.15, -0.1) is 24.0 Å². The lowest BCUT2D eigenvalue weighted by Crippen LogP contribution is -2.36. The number of benzene rings is 1. The Morgan fingerprint density at radius 3 is 2.47 bits per heavy atom. The summed E-state index contributed by atoms with van der Waals surface area (Å²) in [5.41, 5.74) is 2.46. The Kier molecular flexibility index (Phi) is 9.85. The van der Waals surface area contributed by atoms with Gasteiger partial charge in [-0.2, -0.15) is 13.2 Å². The number of anilines is 1. The number of alkyl halides is 3. The molecular formula is C22H29F3IN5O. The second-order valence-electron chi connectivity index (χ2n) is 7.51. The van der Waals surface area contributed by atoms with E-state index < -0.39 is 12.8 Å². The highest BCUT2D eigenvalue weighted by molar-refractivity contribution is 14.0. The second kappa shape index (κ2) is 12.1. The third-order valence-corrected chi connectivity index (χ3v) is 4.98. The van der Waals surface area contributed by atoms with Crippen LogP contribution in [0.3, 0.4) is 0 Å². The fourth-order valence-electron chi connectivity index (χ4n) is 3.34. The maximum Gasteiger partial charge on any atom is 0.422 e. The highest BCUT2D eigenvalue weighted by Gasteiger charge is 2.28. The fourth-order valence-corrected chi connectivity index (χ4v) is 3.34. The van der Waals surface area contributed by atoms with Crippen LogP contribution < -0.4 is 20.3 Å². The van der Waals surface area contributed by atoms with Gasteiger partial charge in [0.25, 0.3) is 0 Å². The largest absolute Gasteiger partial charge is 0.484 e. The number of hydrogen-bond donors (Lipinski definition) is 2. The van der Waals surface area contributed by atoms with Crippen LogP contribution in [0.2, 0.25) is 0 Å². The Bertz CT molecular complexity index is 884. The molecule has 0 amide bonds. The minimum Gasteiger partial charge on any atom is -0.484 e. The molecule has 1 aromatic carbocycles. The van der Waals surface area contributed by atoms with E-state index in [0.29, 0.717) is 18.1 Å². The molecule has 1 saturated heterocycles. The maximum atomic E-state index is 12.5. The van der Waals surface area contributed by atoms with Crippen LogP contribution >= 0.6 is 24.0 Å². The van der Waals surface area contributed by atoms with Crippen molar-refractivity contribution in [2.24, 2.45) is 4.99 Å². The molecule has 10 heteroatoms. The quantitative estimate of drug-likeness (QED) is 0.297. The van der Waals surface area contributed by atoms with Crippen LogP contribution in [-0.2, 0) is 13.1 Å². The van der Waals surface area contributed by atoms with Gasteiger partial charge in [-0.1, -0.05) is 18.2 Å². The van der Waals surface area contributed by atoms with Crippen molar-refractivity contribution in [2.75, 3.05) is 31.6 Å². The molecule has 2 heterocycles. The molecule has 32 heavy (non-hydrogen) atoms. The summed E-state index contributed by atoms with van der Waals surface area (Å²) in [5, 5.41) is 6.31. The molecule has 1 aromatic heterocycles. The topological polar surface area (TPSA) is 61.8 Å². The molecule has 0 atom stereocenters. The number of halogens is 4. The average molecular weight is 563 g/mol. The summed E-state index contributed by atoms with van der Waals surface area (Å²) in [6.07, 6.45) is -0.130. The van der Waals surface area contributed by atoms with E-state index in [2.05, 4.69) is 25.5 Å². The van der Waals surface area contributed by atoms with Gasteiger partial charge < -0.3 is 20.3 Å². The summed E-state index contributed by atoms with van der Waals surface area (Å²) in [4.78, 5) is 11.0. The van der Waals surface area contributed by atoms with Gasteiger partial charge in [0.1, 0.15) is 11.6 Å². The molecule has 0 saturated carbocycles. The lowest BCUT2D eigenvalue weighted by Gasteiger charge is -2.17. The van der Waals surface area contributed by atoms with Gasteiger partial charge in [-0.25, -0.2) is 4.98 Å². The van der Waals surface area contributed by atoms with Crippen LogP contribution in [0.15, 0.2) is 41.5 Å². The van der Waals surface area contributed by atoms with E-state index in [-0.39, 0.29) is 36.3 Å². The van der Waals surface area contributed by atoms with Crippen LogP contribution in [0.4, 0.5) is 19.0 Å². The maximum absolute atomic E-state index is 12.5. The summed E-state index contributed by atoms with van der Waals surface area (Å²) in [6, 6.07) is 9.25. The first kappa shape index (κ1) is 26.0. The highest BCUT2D eigenvalue weighted by Crippen LogP contribution is 2.24. The standard InChI is InChI=1S/C22H28F3N5O.HI/c1-16-5-7-18(19(11-16)31-15-22(23,24)25)14-29-21(26-2)28-13-17-6-8-20(27-12-17)30-9-3-4-10-30;/h5-8,11-12H,3-4,9-10,13-15H2,1-2H3,(H2,26,28,29);1H. The normalized spacial score (nSPS) is 14.2. The van der Waals surface area contributed by atoms with Crippen molar-refractivity contribution in [1.82, 2.24) is 15.6 Å². The van der Waals surface area contributed by atoms with E-state index in [4.69, 9.17) is 4.74 Å². The molecule has 176 valence electrons. The van der Waals surface area contributed by atoms with Crippen molar-refractivity contribution in [3.8, 4) is 5.75 Å². The van der Waals surface area contributed by atoms with Crippen LogP contribution in [0.5, 0.6) is 5.75 Å². The number of ether oxygens (including phenoxy) is 1. The zero-order chi connectivity index (χ0) is 22.3. The third kappa shape index (κ3) is 8.03. The van der Waals surface area contributed by atoms with E-state index in [0.717, 1.165) is 30.0 Å². The number of hydrogen-bond acceptors (Lipinski definition) is 4. The Balaban J connectivity index is 0.00000363. The smallest absolute Gasteiger partial charge is 0.422 e. The fraction of sp³-hybridized carbons (Fsp3) is 0.455. The number of aliphatic imine (C=N–C) groups is 1. The van der Waals surface area contributed by atoms with Gasteiger partial charge in [0, 0.05) is 45.0 Å². The van der Waals surface area contributed by atoms with Gasteiger partial charge in [-0.3, -0.25) is 4.99 Å². The monoisotopic (exact) mass is 563 g/mol. The van der Waals surface area contributed by atoms with Crippen LogP contribution in [-0.4, -0.2) is 43.9 Å². The van der Waals surface area contributed by atoms with E-state index in [9.17, 15) is 13.2 Å². The minimum absolute atomic E-state index is 0. The molecular weight excluding hydrogens is 534 g/mol. The summed E-state index contributed by atoms with van der Waals surface area (Å²) < 4.78 is 42.6. The molecule has 3 rings (SSSR count). The van der Waals surface area contributed by atoms with Crippen LogP contribution in [0.1, 0.15) is 29.5 Å². The molecule has 6 nitrogen and oxygen atoms in total. The molecule has 1 fully saturated rings. The molecule has 0 radical (unpaired) electrons. The Morgan fingerprint density at radius 2 is 1.84 bits per heavy atom. The predicted octanol–water partition coefficient (Wildman–Crippen LogP) is 4.41. The number of nitrogens with one attached hydrogen (secondary N) is 2. The van der Waals surface area contributed by atoms with Crippen molar-refractivity contribution in [3.05, 3.63) is 53.2 Å². The van der Waals surface area contributed by atoms with E-state index in [1.165, 1.54) is 12.8 Å². The van der Waals surface area contributed by atoms with Gasteiger partial charge in [0.05, 0.1) is 0 Å². The molecule has 0 bridgehead atoms. The molecule has 2 aromatic rings. The number of rotatable bonds is 7. The molecule has 1 aliphatic heterocycles. The SMILES string of the molecule is CN=C(NCc1ccc(N2CCCC2)nc1)NCc1ccc(C)cc1OCC(F)(F)F.I. The zero-order valence-electron chi connectivity index (χ0n) is 18.2. The molecule has 0 aliphatic carbocycles. The van der Waals surface area contributed by atoms with Crippen LogP contribution in [0.25, 0.3) is 0 Å². The van der Waals surface area contributed by atoms with Crippen molar-refractivity contribution in [2.45, 2.75) is 39.0 Å². The Labute approximate surface area is 203 Å². The van der Waals surface area contributed by atoms with E-state index >= 15 is 0 Å². The molecule has 2 N–H and O–H groups in total. The predicted molar refractivity (Wildman–Crippen MR) is 131 cm³/mol. The Morgan fingerprint density at radius 1 is 1.12 bits per heavy atom.